The van der Waals surface area contributed by atoms with Crippen molar-refractivity contribution in [3.05, 3.63) is 0 Å². The number of hydrogen-bond acceptors (Lipinski definition) is 5. The van der Waals surface area contributed by atoms with E-state index >= 15 is 0 Å². The number of nitrogens with two attached hydrogens (primary N) is 1. The minimum Gasteiger partial charge on any atom is -0.480 e. The van der Waals surface area contributed by atoms with E-state index in [-0.39, 0.29) is 30.3 Å². The van der Waals surface area contributed by atoms with Crippen LogP contribution in [0.5, 0.6) is 0 Å². The molecule has 0 radical (unpaired) electrons. The highest BCUT2D eigenvalue weighted by atomic mass is 32.1. The number of rotatable bonds is 8. The van der Waals surface area contributed by atoms with Crippen molar-refractivity contribution in [2.75, 3.05) is 5.75 Å². The van der Waals surface area contributed by atoms with Crippen LogP contribution < -0.4 is 11.1 Å². The molecule has 0 saturated carbocycles. The van der Waals surface area contributed by atoms with E-state index in [1.54, 1.807) is 0 Å². The van der Waals surface area contributed by atoms with Gasteiger partial charge in [-0.1, -0.05) is 0 Å². The number of carbonyl (C=O) groups excluding carboxylic acids is 1. The van der Waals surface area contributed by atoms with Crippen molar-refractivity contribution in [3.8, 4) is 0 Å². The summed E-state index contributed by atoms with van der Waals surface area (Å²) in [5.74, 6) is -3.50. The average molecular weight is 265 g/mol. The summed E-state index contributed by atoms with van der Waals surface area (Å²) in [6.07, 6.45) is -0.307. The van der Waals surface area contributed by atoms with Crippen molar-refractivity contribution in [2.45, 2.75) is 24.9 Å². The topological polar surface area (TPSA) is 147 Å². The molecule has 96 valence electrons. The summed E-state index contributed by atoms with van der Waals surface area (Å²) in [5.41, 5.74) is 5.16. The number of nitrogens with one attached hydrogen (secondary N) is 1. The molecule has 0 heterocycles. The first kappa shape index (κ1) is 15.4. The largest absolute Gasteiger partial charge is 0.480 e. The summed E-state index contributed by atoms with van der Waals surface area (Å²) in [5, 5.41) is 19.2. The quantitative estimate of drug-likeness (QED) is 0.377. The van der Waals surface area contributed by atoms with Gasteiger partial charge >= 0.3 is 23.6 Å². The van der Waals surface area contributed by atoms with Crippen LogP contribution in [-0.4, -0.2) is 45.9 Å². The van der Waals surface area contributed by atoms with Gasteiger partial charge in [-0.15, -0.1) is 0 Å². The molecule has 8 nitrogen and oxygen atoms in total. The molecule has 0 saturated heterocycles. The predicted octanol–water partition coefficient (Wildman–Crippen LogP) is -1.82. The Morgan fingerprint density at radius 2 is 1.82 bits per heavy atom. The molecule has 0 rings (SSSR count). The number of carboxylic acids is 2. The number of amides is 1. The number of carboxylic acid groups (broad SMARTS) is 2. The van der Waals surface area contributed by atoms with Gasteiger partial charge in [0.05, 0.1) is 0 Å². The van der Waals surface area contributed by atoms with Crippen LogP contribution in [0.4, 0.5) is 0 Å². The third kappa shape index (κ3) is 6.53. The first-order chi connectivity index (χ1) is 7.88. The summed E-state index contributed by atoms with van der Waals surface area (Å²) in [7, 11) is 0. The number of hydrogen-bond donors (Lipinski definition) is 4. The van der Waals surface area contributed by atoms with Gasteiger partial charge in [0.15, 0.2) is 6.04 Å². The minimum atomic E-state index is -1.32. The summed E-state index contributed by atoms with van der Waals surface area (Å²) >= 11 is 0.0450. The standard InChI is InChI=1S/C8H12N2O6S/c9-4(7(12)13)1-2-6(11)10-5(3-17-16)8(14)15/h4-5H,1-3,9H2,(H2-,10,11,12,13,14,15)/p+1/t4-,5-/m0/s1. The van der Waals surface area contributed by atoms with E-state index in [0.717, 1.165) is 0 Å². The van der Waals surface area contributed by atoms with Crippen LogP contribution in [0.3, 0.4) is 0 Å². The van der Waals surface area contributed by atoms with Gasteiger partial charge in [-0.3, -0.25) is 9.59 Å². The third-order valence-corrected chi connectivity index (χ3v) is 2.34. The van der Waals surface area contributed by atoms with Crippen LogP contribution in [-0.2, 0) is 30.3 Å². The normalized spacial score (nSPS) is 13.5. The summed E-state index contributed by atoms with van der Waals surface area (Å²) in [6.45, 7) is 0. The highest BCUT2D eigenvalue weighted by molar-refractivity contribution is 7.65. The second-order valence-electron chi connectivity index (χ2n) is 3.23. The maximum Gasteiger partial charge on any atom is 0.461 e. The van der Waals surface area contributed by atoms with Gasteiger partial charge in [-0.05, 0) is 6.42 Å². The van der Waals surface area contributed by atoms with E-state index in [1.165, 1.54) is 0 Å². The smallest absolute Gasteiger partial charge is 0.461 e. The highest BCUT2D eigenvalue weighted by Crippen LogP contribution is 1.96. The average Bonchev–Trinajstić information content (AvgIpc) is 2.24. The molecule has 0 aliphatic heterocycles. The third-order valence-electron chi connectivity index (χ3n) is 1.87. The van der Waals surface area contributed by atoms with Crippen LogP contribution in [0, 0.1) is 0 Å². The molecule has 0 aromatic rings. The Morgan fingerprint density at radius 3 is 2.24 bits per heavy atom. The number of aliphatic carboxylic acids is 2. The maximum absolute atomic E-state index is 11.2. The Bertz CT molecular complexity index is 321. The first-order valence-corrected chi connectivity index (χ1v) is 5.55. The van der Waals surface area contributed by atoms with Crippen LogP contribution in [0.1, 0.15) is 12.8 Å². The SMILES string of the molecule is N[C@@H](CCC(=O)N[C@@H](C[S+]=O)C(=O)O)C(=O)O. The van der Waals surface area contributed by atoms with Crippen molar-refractivity contribution >= 4 is 29.5 Å². The van der Waals surface area contributed by atoms with Gasteiger partial charge in [0, 0.05) is 10.6 Å². The van der Waals surface area contributed by atoms with Crippen LogP contribution in [0.15, 0.2) is 0 Å². The molecule has 5 N–H and O–H groups in total. The maximum atomic E-state index is 11.2. The molecule has 0 spiro atoms. The van der Waals surface area contributed by atoms with Gasteiger partial charge in [-0.25, -0.2) is 4.79 Å². The molecule has 0 bridgehead atoms. The molecular formula is C8H13N2O6S+. The van der Waals surface area contributed by atoms with E-state index in [9.17, 15) is 18.6 Å². The number of carbonyl (C=O) groups is 3. The summed E-state index contributed by atoms with van der Waals surface area (Å²) in [6, 6.07) is -2.44. The molecule has 0 unspecified atom stereocenters. The molecule has 0 fully saturated rings. The molecule has 9 heteroatoms. The lowest BCUT2D eigenvalue weighted by atomic mass is 10.1. The van der Waals surface area contributed by atoms with Crippen molar-refractivity contribution in [1.29, 1.82) is 0 Å². The van der Waals surface area contributed by atoms with Gasteiger partial charge in [0.25, 0.3) is 5.75 Å². The zero-order chi connectivity index (χ0) is 13.4. The second-order valence-corrected chi connectivity index (χ2v) is 3.80. The van der Waals surface area contributed by atoms with E-state index in [4.69, 9.17) is 15.9 Å². The molecule has 1 amide bonds. The van der Waals surface area contributed by atoms with Gasteiger partial charge in [0.1, 0.15) is 6.04 Å². The van der Waals surface area contributed by atoms with E-state index in [2.05, 4.69) is 5.32 Å². The van der Waals surface area contributed by atoms with Crippen molar-refractivity contribution in [2.24, 2.45) is 5.73 Å². The van der Waals surface area contributed by atoms with Gasteiger partial charge in [0.2, 0.25) is 5.91 Å². The fraction of sp³-hybridized carbons (Fsp3) is 0.625. The van der Waals surface area contributed by atoms with E-state index in [0.29, 0.717) is 0 Å². The Kier molecular flexibility index (Phi) is 6.91. The monoisotopic (exact) mass is 265 g/mol. The molecule has 2 atom stereocenters. The zero-order valence-electron chi connectivity index (χ0n) is 8.79. The molecule has 0 aromatic carbocycles. The van der Waals surface area contributed by atoms with Crippen molar-refractivity contribution in [3.63, 3.8) is 0 Å². The van der Waals surface area contributed by atoms with Crippen LogP contribution in [0.25, 0.3) is 0 Å². The minimum absolute atomic E-state index is 0.0450. The lowest BCUT2D eigenvalue weighted by Crippen LogP contribution is -2.43. The van der Waals surface area contributed by atoms with Crippen LogP contribution in [0.2, 0.25) is 0 Å². The fourth-order valence-corrected chi connectivity index (χ4v) is 1.28. The lowest BCUT2D eigenvalue weighted by Gasteiger charge is -2.09. The Morgan fingerprint density at radius 1 is 1.24 bits per heavy atom. The van der Waals surface area contributed by atoms with Gasteiger partial charge in [-0.2, -0.15) is 0 Å². The zero-order valence-corrected chi connectivity index (χ0v) is 9.61. The Balaban J connectivity index is 4.11. The fourth-order valence-electron chi connectivity index (χ4n) is 0.919. The first-order valence-electron chi connectivity index (χ1n) is 4.63. The molecular weight excluding hydrogens is 252 g/mol. The molecule has 17 heavy (non-hydrogen) atoms. The lowest BCUT2D eigenvalue weighted by molar-refractivity contribution is -0.141. The van der Waals surface area contributed by atoms with Crippen molar-refractivity contribution in [1.82, 2.24) is 5.32 Å². The predicted molar refractivity (Wildman–Crippen MR) is 57.3 cm³/mol. The molecule has 0 aliphatic rings. The van der Waals surface area contributed by atoms with Crippen LogP contribution >= 0.6 is 0 Å². The van der Waals surface area contributed by atoms with Crippen molar-refractivity contribution < 1.29 is 28.8 Å². The van der Waals surface area contributed by atoms with E-state index < -0.39 is 29.9 Å². The summed E-state index contributed by atoms with van der Waals surface area (Å²) < 4.78 is 10.2. The molecule has 0 aliphatic carbocycles. The Labute approximate surface area is 101 Å². The highest BCUT2D eigenvalue weighted by Gasteiger charge is 2.26. The second kappa shape index (κ2) is 7.63. The summed E-state index contributed by atoms with van der Waals surface area (Å²) in [4.78, 5) is 32.2. The van der Waals surface area contributed by atoms with Gasteiger partial charge < -0.3 is 21.3 Å². The Hall–Kier alpha value is -1.61. The molecule has 0 aromatic heterocycles. The van der Waals surface area contributed by atoms with E-state index in [1.807, 2.05) is 0 Å².